The minimum absolute atomic E-state index is 0. The summed E-state index contributed by atoms with van der Waals surface area (Å²) in [7, 11) is 0. The topological polar surface area (TPSA) is 64.1 Å². The van der Waals surface area contributed by atoms with Crippen molar-refractivity contribution in [3.8, 4) is 0 Å². The fourth-order valence-corrected chi connectivity index (χ4v) is 2.44. The lowest BCUT2D eigenvalue weighted by molar-refractivity contribution is 0.0527. The number of aromatic nitrogens is 2. The van der Waals surface area contributed by atoms with Crippen LogP contribution in [0.5, 0.6) is 0 Å². The highest BCUT2D eigenvalue weighted by Gasteiger charge is 2.18. The third-order valence-corrected chi connectivity index (χ3v) is 3.50. The largest absolute Gasteiger partial charge is 0.462 e. The van der Waals surface area contributed by atoms with Crippen LogP contribution in [0.3, 0.4) is 0 Å². The molecule has 0 fully saturated rings. The number of halogens is 3. The highest BCUT2D eigenvalue weighted by atomic mass is 35.5. The first kappa shape index (κ1) is 19.5. The molecule has 2 aromatic heterocycles. The maximum Gasteiger partial charge on any atom is 0.341 e. The Morgan fingerprint density at radius 2 is 1.88 bits per heavy atom. The first-order valence-corrected chi connectivity index (χ1v) is 7.64. The molecule has 136 valence electrons. The SMILES string of the molecule is CCOC(=O)c1cnc2nc(C)ccc2c1Nc1cc(F)cc(F)c1.Cl. The van der Waals surface area contributed by atoms with E-state index < -0.39 is 17.6 Å². The Labute approximate surface area is 154 Å². The number of carbonyl (C=O) groups is 1. The highest BCUT2D eigenvalue weighted by Crippen LogP contribution is 2.29. The van der Waals surface area contributed by atoms with Crippen LogP contribution in [0.2, 0.25) is 0 Å². The molecule has 1 N–H and O–H groups in total. The fraction of sp³-hybridized carbons (Fsp3) is 0.167. The van der Waals surface area contributed by atoms with Gasteiger partial charge in [0.15, 0.2) is 5.65 Å². The van der Waals surface area contributed by atoms with Crippen molar-refractivity contribution in [1.82, 2.24) is 9.97 Å². The number of fused-ring (bicyclic) bond motifs is 1. The standard InChI is InChI=1S/C18H15F2N3O2.ClH/c1-3-25-18(24)15-9-21-17-14(5-4-10(2)22-17)16(15)23-13-7-11(19)6-12(20)8-13;/h4-9H,3H2,1-2H3,(H,21,22,23);1H. The van der Waals surface area contributed by atoms with Gasteiger partial charge in [0.05, 0.1) is 12.3 Å². The van der Waals surface area contributed by atoms with Crippen LogP contribution >= 0.6 is 12.4 Å². The molecule has 0 spiro atoms. The molecule has 0 saturated carbocycles. The van der Waals surface area contributed by atoms with Crippen LogP contribution in [0, 0.1) is 18.6 Å². The van der Waals surface area contributed by atoms with Gasteiger partial charge in [-0.2, -0.15) is 0 Å². The zero-order valence-electron chi connectivity index (χ0n) is 14.0. The maximum absolute atomic E-state index is 13.5. The number of hydrogen-bond donors (Lipinski definition) is 1. The molecule has 0 amide bonds. The summed E-state index contributed by atoms with van der Waals surface area (Å²) < 4.78 is 32.0. The van der Waals surface area contributed by atoms with Gasteiger partial charge in [-0.05, 0) is 38.1 Å². The number of esters is 1. The Bertz CT molecular complexity index is 946. The Kier molecular flexibility index (Phi) is 6.05. The minimum Gasteiger partial charge on any atom is -0.462 e. The second kappa shape index (κ2) is 8.05. The number of anilines is 2. The molecule has 2 heterocycles. The van der Waals surface area contributed by atoms with Crippen molar-refractivity contribution >= 4 is 40.8 Å². The van der Waals surface area contributed by atoms with E-state index >= 15 is 0 Å². The smallest absolute Gasteiger partial charge is 0.341 e. The number of rotatable bonds is 4. The number of aryl methyl sites for hydroxylation is 1. The first-order chi connectivity index (χ1) is 12.0. The molecule has 5 nitrogen and oxygen atoms in total. The predicted molar refractivity (Wildman–Crippen MR) is 97.1 cm³/mol. The van der Waals surface area contributed by atoms with Gasteiger partial charge in [0.25, 0.3) is 0 Å². The van der Waals surface area contributed by atoms with Gasteiger partial charge in [-0.1, -0.05) is 0 Å². The lowest BCUT2D eigenvalue weighted by Gasteiger charge is -2.14. The number of hydrogen-bond acceptors (Lipinski definition) is 5. The van der Waals surface area contributed by atoms with Gasteiger partial charge < -0.3 is 10.1 Å². The van der Waals surface area contributed by atoms with Crippen molar-refractivity contribution in [3.63, 3.8) is 0 Å². The molecule has 26 heavy (non-hydrogen) atoms. The molecule has 0 atom stereocenters. The van der Waals surface area contributed by atoms with Crippen LogP contribution in [0.15, 0.2) is 36.5 Å². The normalized spacial score (nSPS) is 10.3. The average molecular weight is 380 g/mol. The zero-order chi connectivity index (χ0) is 18.0. The molecule has 0 bridgehead atoms. The highest BCUT2D eigenvalue weighted by molar-refractivity contribution is 6.05. The molecular weight excluding hydrogens is 364 g/mol. The van der Waals surface area contributed by atoms with Crippen molar-refractivity contribution < 1.29 is 18.3 Å². The lowest BCUT2D eigenvalue weighted by atomic mass is 10.1. The van der Waals surface area contributed by atoms with Gasteiger partial charge in [-0.25, -0.2) is 23.5 Å². The number of ether oxygens (including phenoxy) is 1. The fourth-order valence-electron chi connectivity index (χ4n) is 2.44. The van der Waals surface area contributed by atoms with Gasteiger partial charge in [-0.3, -0.25) is 0 Å². The number of benzene rings is 1. The molecule has 0 aliphatic rings. The number of carbonyl (C=O) groups excluding carboxylic acids is 1. The summed E-state index contributed by atoms with van der Waals surface area (Å²) in [6, 6.07) is 6.53. The van der Waals surface area contributed by atoms with Crippen LogP contribution in [0.1, 0.15) is 23.0 Å². The van der Waals surface area contributed by atoms with E-state index in [1.165, 1.54) is 6.20 Å². The molecule has 0 aliphatic heterocycles. The molecule has 0 radical (unpaired) electrons. The molecule has 3 aromatic rings. The zero-order valence-corrected chi connectivity index (χ0v) is 14.9. The first-order valence-electron chi connectivity index (χ1n) is 7.64. The summed E-state index contributed by atoms with van der Waals surface area (Å²) in [5.41, 5.74) is 1.82. The summed E-state index contributed by atoms with van der Waals surface area (Å²) in [5, 5.41) is 3.44. The number of pyridine rings is 2. The van der Waals surface area contributed by atoms with Crippen LogP contribution in [-0.2, 0) is 4.74 Å². The predicted octanol–water partition coefficient (Wildman–Crippen LogP) is 4.56. The van der Waals surface area contributed by atoms with Gasteiger partial charge >= 0.3 is 5.97 Å². The molecule has 8 heteroatoms. The van der Waals surface area contributed by atoms with E-state index in [9.17, 15) is 13.6 Å². The second-order valence-corrected chi connectivity index (χ2v) is 5.37. The van der Waals surface area contributed by atoms with Gasteiger partial charge in [0.1, 0.15) is 17.2 Å². The van der Waals surface area contributed by atoms with Gasteiger partial charge in [0.2, 0.25) is 0 Å². The van der Waals surface area contributed by atoms with E-state index in [4.69, 9.17) is 4.74 Å². The average Bonchev–Trinajstić information content (AvgIpc) is 2.54. The van der Waals surface area contributed by atoms with E-state index in [1.807, 2.05) is 6.92 Å². The number of nitrogens with zero attached hydrogens (tertiary/aromatic N) is 2. The summed E-state index contributed by atoms with van der Waals surface area (Å²) in [6.45, 7) is 3.69. The third-order valence-electron chi connectivity index (χ3n) is 3.50. The monoisotopic (exact) mass is 379 g/mol. The Balaban J connectivity index is 0.00000243. The van der Waals surface area contributed by atoms with E-state index in [2.05, 4.69) is 15.3 Å². The minimum atomic E-state index is -0.729. The molecule has 0 aliphatic carbocycles. The quantitative estimate of drug-likeness (QED) is 0.673. The van der Waals surface area contributed by atoms with Crippen molar-refractivity contribution in [1.29, 1.82) is 0 Å². The molecule has 0 unspecified atom stereocenters. The summed E-state index contributed by atoms with van der Waals surface area (Å²) in [6.07, 6.45) is 1.34. The second-order valence-electron chi connectivity index (χ2n) is 5.37. The molecule has 3 rings (SSSR count). The van der Waals surface area contributed by atoms with Gasteiger partial charge in [-0.15, -0.1) is 12.4 Å². The molecule has 0 saturated heterocycles. The molecular formula is C18H16ClF2N3O2. The Morgan fingerprint density at radius 3 is 2.54 bits per heavy atom. The summed E-state index contributed by atoms with van der Waals surface area (Å²) in [5.74, 6) is -2.04. The van der Waals surface area contributed by atoms with Crippen LogP contribution in [0.25, 0.3) is 11.0 Å². The van der Waals surface area contributed by atoms with Crippen molar-refractivity contribution in [3.05, 3.63) is 59.4 Å². The summed E-state index contributed by atoms with van der Waals surface area (Å²) in [4.78, 5) is 20.7. The Hall–Kier alpha value is -2.80. The van der Waals surface area contributed by atoms with E-state index in [0.29, 0.717) is 16.7 Å². The Morgan fingerprint density at radius 1 is 1.19 bits per heavy atom. The van der Waals surface area contributed by atoms with Crippen molar-refractivity contribution in [2.45, 2.75) is 13.8 Å². The van der Waals surface area contributed by atoms with Crippen LogP contribution in [-0.4, -0.2) is 22.5 Å². The lowest BCUT2D eigenvalue weighted by Crippen LogP contribution is -2.10. The van der Waals surface area contributed by atoms with Crippen molar-refractivity contribution in [2.75, 3.05) is 11.9 Å². The maximum atomic E-state index is 13.5. The van der Waals surface area contributed by atoms with E-state index in [1.54, 1.807) is 19.1 Å². The summed E-state index contributed by atoms with van der Waals surface area (Å²) >= 11 is 0. The number of nitrogens with one attached hydrogen (secondary N) is 1. The third kappa shape index (κ3) is 4.05. The molecule has 1 aromatic carbocycles. The van der Waals surface area contributed by atoms with Crippen LogP contribution < -0.4 is 5.32 Å². The van der Waals surface area contributed by atoms with E-state index in [-0.39, 0.29) is 30.3 Å². The van der Waals surface area contributed by atoms with Gasteiger partial charge in [0, 0.05) is 29.0 Å². The van der Waals surface area contributed by atoms with E-state index in [0.717, 1.165) is 23.9 Å². The van der Waals surface area contributed by atoms with Crippen LogP contribution in [0.4, 0.5) is 20.2 Å². The van der Waals surface area contributed by atoms with Crippen molar-refractivity contribution in [2.24, 2.45) is 0 Å².